The van der Waals surface area contributed by atoms with Gasteiger partial charge in [0.15, 0.2) is 0 Å². The van der Waals surface area contributed by atoms with Crippen molar-refractivity contribution in [2.24, 2.45) is 10.2 Å². The number of nitrogens with zero attached hydrogens (tertiary/aromatic N) is 2. The average molecular weight is 375 g/mol. The molecule has 23 heavy (non-hydrogen) atoms. The number of phenols is 1. The monoisotopic (exact) mass is 374 g/mol. The van der Waals surface area contributed by atoms with Gasteiger partial charge >= 0.3 is 0 Å². The van der Waals surface area contributed by atoms with Crippen LogP contribution in [0.1, 0.15) is 50.3 Å². The summed E-state index contributed by atoms with van der Waals surface area (Å²) in [6, 6.07) is 9.58. The van der Waals surface area contributed by atoms with E-state index in [0.717, 1.165) is 34.3 Å². The van der Waals surface area contributed by atoms with Crippen molar-refractivity contribution in [3.8, 4) is 5.75 Å². The minimum absolute atomic E-state index is 0.246. The molecule has 0 fully saturated rings. The molecule has 0 bridgehead atoms. The molecule has 0 saturated heterocycles. The maximum Gasteiger partial charge on any atom is 0.119 e. The van der Waals surface area contributed by atoms with E-state index in [1.807, 2.05) is 6.07 Å². The minimum Gasteiger partial charge on any atom is -0.508 e. The van der Waals surface area contributed by atoms with Crippen LogP contribution in [0, 0.1) is 0 Å². The number of rotatable bonds is 5. The number of aromatic hydroxyl groups is 1. The Hall–Kier alpha value is -1.68. The molecule has 0 aromatic heterocycles. The summed E-state index contributed by atoms with van der Waals surface area (Å²) < 4.78 is 1.08. The minimum atomic E-state index is 0.246. The zero-order chi connectivity index (χ0) is 17.0. The van der Waals surface area contributed by atoms with Crippen LogP contribution in [0.25, 0.3) is 0 Å². The third kappa shape index (κ3) is 4.20. The fraction of sp³-hybridized carbons (Fsp3) is 0.368. The van der Waals surface area contributed by atoms with E-state index >= 15 is 0 Å². The normalized spacial score (nSPS) is 11.6. The summed E-state index contributed by atoms with van der Waals surface area (Å²) in [5, 5.41) is 18.8. The van der Waals surface area contributed by atoms with E-state index in [-0.39, 0.29) is 5.92 Å². The third-order valence-corrected chi connectivity index (χ3v) is 4.35. The van der Waals surface area contributed by atoms with Gasteiger partial charge in [0.2, 0.25) is 0 Å². The van der Waals surface area contributed by atoms with Crippen molar-refractivity contribution in [3.63, 3.8) is 0 Å². The Morgan fingerprint density at radius 2 is 1.61 bits per heavy atom. The van der Waals surface area contributed by atoms with E-state index in [2.05, 4.69) is 66.0 Å². The van der Waals surface area contributed by atoms with Gasteiger partial charge in [-0.3, -0.25) is 0 Å². The average Bonchev–Trinajstić information content (AvgIpc) is 2.53. The predicted octanol–water partition coefficient (Wildman–Crippen LogP) is 6.82. The van der Waals surface area contributed by atoms with Gasteiger partial charge < -0.3 is 5.11 Å². The number of hydrogen-bond acceptors (Lipinski definition) is 3. The van der Waals surface area contributed by atoms with Gasteiger partial charge in [0.1, 0.15) is 5.75 Å². The molecule has 2 aromatic rings. The fourth-order valence-corrected chi connectivity index (χ4v) is 3.11. The maximum atomic E-state index is 9.91. The highest BCUT2D eigenvalue weighted by atomic mass is 79.9. The lowest BCUT2D eigenvalue weighted by Crippen LogP contribution is -1.89. The number of benzene rings is 2. The van der Waals surface area contributed by atoms with Crippen LogP contribution in [0.3, 0.4) is 0 Å². The lowest BCUT2D eigenvalue weighted by atomic mass is 10.0. The second-order valence-electron chi connectivity index (χ2n) is 5.88. The Morgan fingerprint density at radius 1 is 1.00 bits per heavy atom. The van der Waals surface area contributed by atoms with Gasteiger partial charge in [-0.25, -0.2) is 0 Å². The van der Waals surface area contributed by atoms with Crippen LogP contribution in [0.5, 0.6) is 5.75 Å². The number of aryl methyl sites for hydroxylation is 2. The lowest BCUT2D eigenvalue weighted by Gasteiger charge is -2.10. The molecule has 0 aliphatic heterocycles. The van der Waals surface area contributed by atoms with E-state index in [4.69, 9.17) is 0 Å². The number of phenolic OH excluding ortho intramolecular Hbond substituents is 1. The molecular formula is C19H23BrN2O. The summed E-state index contributed by atoms with van der Waals surface area (Å²) in [6.45, 7) is 8.35. The molecule has 0 unspecified atom stereocenters. The quantitative estimate of drug-likeness (QED) is 0.573. The first-order chi connectivity index (χ1) is 11.0. The van der Waals surface area contributed by atoms with E-state index in [9.17, 15) is 5.11 Å². The van der Waals surface area contributed by atoms with E-state index in [1.54, 1.807) is 12.1 Å². The van der Waals surface area contributed by atoms with Gasteiger partial charge in [0.05, 0.1) is 11.4 Å². The topological polar surface area (TPSA) is 45.0 Å². The predicted molar refractivity (Wildman–Crippen MR) is 99.3 cm³/mol. The van der Waals surface area contributed by atoms with Crippen molar-refractivity contribution >= 4 is 27.3 Å². The molecule has 122 valence electrons. The summed E-state index contributed by atoms with van der Waals surface area (Å²) in [6.07, 6.45) is 1.82. The molecule has 3 nitrogen and oxygen atoms in total. The van der Waals surface area contributed by atoms with Crippen molar-refractivity contribution in [2.45, 2.75) is 46.5 Å². The van der Waals surface area contributed by atoms with Gasteiger partial charge in [-0.05, 0) is 65.8 Å². The molecule has 0 radical (unpaired) electrons. The Labute approximate surface area is 146 Å². The molecule has 0 spiro atoms. The van der Waals surface area contributed by atoms with Crippen LogP contribution >= 0.6 is 15.9 Å². The second kappa shape index (κ2) is 7.73. The van der Waals surface area contributed by atoms with Crippen molar-refractivity contribution in [2.75, 3.05) is 0 Å². The zero-order valence-electron chi connectivity index (χ0n) is 14.1. The van der Waals surface area contributed by atoms with Gasteiger partial charge in [0.25, 0.3) is 0 Å². The van der Waals surface area contributed by atoms with Gasteiger partial charge in [-0.2, -0.15) is 5.11 Å². The first-order valence-electron chi connectivity index (χ1n) is 8.02. The third-order valence-electron chi connectivity index (χ3n) is 3.89. The summed E-state index contributed by atoms with van der Waals surface area (Å²) in [7, 11) is 0. The van der Waals surface area contributed by atoms with E-state index < -0.39 is 0 Å². The van der Waals surface area contributed by atoms with Gasteiger partial charge in [0, 0.05) is 4.47 Å². The Kier molecular flexibility index (Phi) is 5.94. The summed E-state index contributed by atoms with van der Waals surface area (Å²) in [5.41, 5.74) is 4.98. The maximum absolute atomic E-state index is 9.91. The van der Waals surface area contributed by atoms with Crippen molar-refractivity contribution in [3.05, 3.63) is 51.5 Å². The molecule has 0 saturated carbocycles. The highest BCUT2D eigenvalue weighted by Gasteiger charge is 2.09. The number of halogens is 1. The van der Waals surface area contributed by atoms with Crippen LogP contribution < -0.4 is 0 Å². The van der Waals surface area contributed by atoms with E-state index in [0.29, 0.717) is 5.75 Å². The summed E-state index contributed by atoms with van der Waals surface area (Å²) in [5.74, 6) is 0.557. The first-order valence-corrected chi connectivity index (χ1v) is 8.81. The number of azo groups is 1. The highest BCUT2D eigenvalue weighted by Crippen LogP contribution is 2.33. The molecule has 1 N–H and O–H groups in total. The largest absolute Gasteiger partial charge is 0.508 e. The summed E-state index contributed by atoms with van der Waals surface area (Å²) >= 11 is 3.56. The molecular weight excluding hydrogens is 352 g/mol. The molecule has 2 rings (SSSR count). The molecule has 0 atom stereocenters. The molecule has 0 heterocycles. The Balaban J connectivity index is 2.43. The Bertz CT molecular complexity index is 698. The van der Waals surface area contributed by atoms with Crippen LogP contribution in [0.4, 0.5) is 11.4 Å². The van der Waals surface area contributed by atoms with Gasteiger partial charge in [-0.15, -0.1) is 5.11 Å². The highest BCUT2D eigenvalue weighted by molar-refractivity contribution is 9.10. The fourth-order valence-electron chi connectivity index (χ4n) is 2.56. The molecule has 0 aliphatic rings. The standard InChI is InChI=1S/C19H23BrN2O/c1-5-13-9-15(20)10-14(6-2)19(13)22-21-16-7-8-18(23)17(11-16)12(3)4/h7-12,23H,5-6H2,1-4H3/b22-21+. The number of hydrogen-bond donors (Lipinski definition) is 1. The van der Waals surface area contributed by atoms with Crippen LogP contribution in [0.15, 0.2) is 45.0 Å². The SMILES string of the molecule is CCc1cc(Br)cc(CC)c1/N=N/c1ccc(O)c(C(C)C)c1. The molecule has 2 aromatic carbocycles. The molecule has 0 aliphatic carbocycles. The van der Waals surface area contributed by atoms with Crippen molar-refractivity contribution < 1.29 is 5.11 Å². The van der Waals surface area contributed by atoms with Crippen LogP contribution in [-0.4, -0.2) is 5.11 Å². The summed E-state index contributed by atoms with van der Waals surface area (Å²) in [4.78, 5) is 0. The van der Waals surface area contributed by atoms with Crippen LogP contribution in [-0.2, 0) is 12.8 Å². The van der Waals surface area contributed by atoms with E-state index in [1.165, 1.54) is 11.1 Å². The van der Waals surface area contributed by atoms with Crippen molar-refractivity contribution in [1.82, 2.24) is 0 Å². The lowest BCUT2D eigenvalue weighted by molar-refractivity contribution is 0.465. The Morgan fingerprint density at radius 3 is 2.13 bits per heavy atom. The molecule has 4 heteroatoms. The zero-order valence-corrected chi connectivity index (χ0v) is 15.7. The molecule has 0 amide bonds. The van der Waals surface area contributed by atoms with Crippen molar-refractivity contribution in [1.29, 1.82) is 0 Å². The second-order valence-corrected chi connectivity index (χ2v) is 6.79. The van der Waals surface area contributed by atoms with Gasteiger partial charge in [-0.1, -0.05) is 43.6 Å². The van der Waals surface area contributed by atoms with Crippen LogP contribution in [0.2, 0.25) is 0 Å². The first kappa shape index (κ1) is 17.7. The smallest absolute Gasteiger partial charge is 0.119 e.